The summed E-state index contributed by atoms with van der Waals surface area (Å²) in [7, 11) is 0. The van der Waals surface area contributed by atoms with Crippen LogP contribution in [0.4, 0.5) is 0 Å². The minimum Gasteiger partial charge on any atom is -0.392 e. The van der Waals surface area contributed by atoms with E-state index in [1.54, 1.807) is 0 Å². The number of hydrogen-bond donors (Lipinski definition) is 1. The van der Waals surface area contributed by atoms with Gasteiger partial charge in [0.1, 0.15) is 0 Å². The first-order valence-corrected chi connectivity index (χ1v) is 7.41. The molecule has 100 valence electrons. The predicted octanol–water partition coefficient (Wildman–Crippen LogP) is 4.38. The molecule has 1 aliphatic carbocycles. The Kier molecular flexibility index (Phi) is 4.69. The molecule has 0 aromatic heterocycles. The van der Waals surface area contributed by atoms with E-state index in [1.807, 2.05) is 19.1 Å². The van der Waals surface area contributed by atoms with Crippen molar-refractivity contribution < 1.29 is 5.11 Å². The maximum absolute atomic E-state index is 10.4. The number of rotatable bonds is 4. The molecule has 0 bridgehead atoms. The SMILES string of the molecule is CCC1CCC(C(O)Cc2ccc(C)cc2Cl)C1. The highest BCUT2D eigenvalue weighted by molar-refractivity contribution is 6.31. The van der Waals surface area contributed by atoms with Crippen molar-refractivity contribution in [3.63, 3.8) is 0 Å². The van der Waals surface area contributed by atoms with E-state index in [1.165, 1.54) is 31.2 Å². The average molecular weight is 267 g/mol. The Bertz CT molecular complexity index is 402. The number of hydrogen-bond acceptors (Lipinski definition) is 1. The van der Waals surface area contributed by atoms with Crippen molar-refractivity contribution in [1.82, 2.24) is 0 Å². The Morgan fingerprint density at radius 3 is 2.78 bits per heavy atom. The molecule has 0 saturated heterocycles. The van der Waals surface area contributed by atoms with Crippen molar-refractivity contribution in [3.05, 3.63) is 34.3 Å². The summed E-state index contributed by atoms with van der Waals surface area (Å²) in [5.74, 6) is 1.28. The first-order valence-electron chi connectivity index (χ1n) is 7.03. The van der Waals surface area contributed by atoms with E-state index in [9.17, 15) is 5.11 Å². The summed E-state index contributed by atoms with van der Waals surface area (Å²) < 4.78 is 0. The third kappa shape index (κ3) is 3.27. The van der Waals surface area contributed by atoms with Crippen LogP contribution in [-0.2, 0) is 6.42 Å². The van der Waals surface area contributed by atoms with Crippen LogP contribution in [0.2, 0.25) is 5.02 Å². The lowest BCUT2D eigenvalue weighted by Crippen LogP contribution is -2.21. The first kappa shape index (κ1) is 13.9. The monoisotopic (exact) mass is 266 g/mol. The summed E-state index contributed by atoms with van der Waals surface area (Å²) in [6.45, 7) is 4.28. The Morgan fingerprint density at radius 1 is 1.39 bits per heavy atom. The standard InChI is InChI=1S/C16H23ClO/c1-3-12-5-7-14(9-12)16(18)10-13-6-4-11(2)8-15(13)17/h4,6,8,12,14,16,18H,3,5,7,9-10H2,1-2H3. The lowest BCUT2D eigenvalue weighted by Gasteiger charge is -2.19. The van der Waals surface area contributed by atoms with Crippen LogP contribution in [0.5, 0.6) is 0 Å². The number of benzene rings is 1. The van der Waals surface area contributed by atoms with Crippen LogP contribution < -0.4 is 0 Å². The molecule has 0 aliphatic heterocycles. The Balaban J connectivity index is 1.97. The lowest BCUT2D eigenvalue weighted by atomic mass is 9.93. The van der Waals surface area contributed by atoms with Gasteiger partial charge in [-0.3, -0.25) is 0 Å². The van der Waals surface area contributed by atoms with E-state index in [4.69, 9.17) is 11.6 Å². The normalized spacial score (nSPS) is 25.3. The van der Waals surface area contributed by atoms with Crippen LogP contribution in [0.3, 0.4) is 0 Å². The van der Waals surface area contributed by atoms with E-state index >= 15 is 0 Å². The van der Waals surface area contributed by atoms with Gasteiger partial charge in [-0.1, -0.05) is 43.5 Å². The largest absolute Gasteiger partial charge is 0.392 e. The second kappa shape index (κ2) is 6.08. The molecule has 1 aliphatic rings. The lowest BCUT2D eigenvalue weighted by molar-refractivity contribution is 0.108. The van der Waals surface area contributed by atoms with Crippen LogP contribution in [0.15, 0.2) is 18.2 Å². The fraction of sp³-hybridized carbons (Fsp3) is 0.625. The molecule has 1 nitrogen and oxygen atoms in total. The molecular formula is C16H23ClO. The molecule has 3 atom stereocenters. The van der Waals surface area contributed by atoms with Gasteiger partial charge in [0.2, 0.25) is 0 Å². The minimum absolute atomic E-state index is 0.234. The smallest absolute Gasteiger partial charge is 0.0609 e. The van der Waals surface area contributed by atoms with Gasteiger partial charge in [0.25, 0.3) is 0 Å². The fourth-order valence-corrected chi connectivity index (χ4v) is 3.36. The van der Waals surface area contributed by atoms with Crippen LogP contribution in [0.1, 0.15) is 43.7 Å². The highest BCUT2D eigenvalue weighted by Crippen LogP contribution is 2.36. The van der Waals surface area contributed by atoms with Gasteiger partial charge in [-0.15, -0.1) is 0 Å². The highest BCUT2D eigenvalue weighted by atomic mass is 35.5. The maximum Gasteiger partial charge on any atom is 0.0609 e. The van der Waals surface area contributed by atoms with Crippen molar-refractivity contribution in [3.8, 4) is 0 Å². The Morgan fingerprint density at radius 2 is 2.17 bits per heavy atom. The highest BCUT2D eigenvalue weighted by Gasteiger charge is 2.29. The molecule has 18 heavy (non-hydrogen) atoms. The van der Waals surface area contributed by atoms with Crippen LogP contribution >= 0.6 is 11.6 Å². The van der Waals surface area contributed by atoms with Gasteiger partial charge in [0, 0.05) is 11.4 Å². The van der Waals surface area contributed by atoms with Crippen molar-refractivity contribution in [2.24, 2.45) is 11.8 Å². The van der Waals surface area contributed by atoms with Gasteiger partial charge in [-0.05, 0) is 48.8 Å². The quantitative estimate of drug-likeness (QED) is 0.858. The molecule has 2 heteroatoms. The number of aryl methyl sites for hydroxylation is 1. The molecular weight excluding hydrogens is 244 g/mol. The van der Waals surface area contributed by atoms with Crippen molar-refractivity contribution >= 4 is 11.6 Å². The van der Waals surface area contributed by atoms with Crippen molar-refractivity contribution in [2.75, 3.05) is 0 Å². The van der Waals surface area contributed by atoms with Gasteiger partial charge in [0.15, 0.2) is 0 Å². The predicted molar refractivity (Wildman–Crippen MR) is 77.0 cm³/mol. The van der Waals surface area contributed by atoms with Gasteiger partial charge >= 0.3 is 0 Å². The summed E-state index contributed by atoms with van der Waals surface area (Å²) in [4.78, 5) is 0. The molecule has 1 N–H and O–H groups in total. The molecule has 1 saturated carbocycles. The van der Waals surface area contributed by atoms with Gasteiger partial charge in [0.05, 0.1) is 6.10 Å². The molecule has 2 rings (SSSR count). The first-order chi connectivity index (χ1) is 8.60. The summed E-state index contributed by atoms with van der Waals surface area (Å²) in [6, 6.07) is 6.09. The zero-order valence-corrected chi connectivity index (χ0v) is 12.1. The van der Waals surface area contributed by atoms with E-state index in [-0.39, 0.29) is 6.10 Å². The summed E-state index contributed by atoms with van der Waals surface area (Å²) in [5.41, 5.74) is 2.25. The van der Waals surface area contributed by atoms with Crippen molar-refractivity contribution in [1.29, 1.82) is 0 Å². The van der Waals surface area contributed by atoms with Crippen LogP contribution in [0.25, 0.3) is 0 Å². The van der Waals surface area contributed by atoms with E-state index in [0.29, 0.717) is 12.3 Å². The minimum atomic E-state index is -0.234. The molecule has 1 fully saturated rings. The van der Waals surface area contributed by atoms with E-state index in [0.717, 1.165) is 16.5 Å². The third-order valence-corrected chi connectivity index (χ3v) is 4.69. The number of aliphatic hydroxyl groups excluding tert-OH is 1. The Labute approximate surface area is 115 Å². The second-order valence-corrected chi connectivity index (χ2v) is 6.12. The number of halogens is 1. The third-order valence-electron chi connectivity index (χ3n) is 4.34. The van der Waals surface area contributed by atoms with E-state index in [2.05, 4.69) is 13.0 Å². The molecule has 3 unspecified atom stereocenters. The molecule has 0 spiro atoms. The number of aliphatic hydroxyl groups is 1. The second-order valence-electron chi connectivity index (χ2n) is 5.71. The fourth-order valence-electron chi connectivity index (χ4n) is 3.04. The summed E-state index contributed by atoms with van der Waals surface area (Å²) in [6.07, 6.45) is 5.33. The molecule has 0 heterocycles. The molecule has 0 radical (unpaired) electrons. The van der Waals surface area contributed by atoms with Gasteiger partial charge in [-0.2, -0.15) is 0 Å². The molecule has 1 aromatic rings. The molecule has 0 amide bonds. The van der Waals surface area contributed by atoms with Crippen LogP contribution in [-0.4, -0.2) is 11.2 Å². The molecule has 1 aromatic carbocycles. The van der Waals surface area contributed by atoms with Crippen molar-refractivity contribution in [2.45, 2.75) is 52.1 Å². The van der Waals surface area contributed by atoms with Crippen LogP contribution in [0, 0.1) is 18.8 Å². The van der Waals surface area contributed by atoms with E-state index < -0.39 is 0 Å². The Hall–Kier alpha value is -0.530. The maximum atomic E-state index is 10.4. The summed E-state index contributed by atoms with van der Waals surface area (Å²) in [5, 5.41) is 11.1. The average Bonchev–Trinajstić information content (AvgIpc) is 2.81. The summed E-state index contributed by atoms with van der Waals surface area (Å²) >= 11 is 6.23. The van der Waals surface area contributed by atoms with Gasteiger partial charge in [-0.25, -0.2) is 0 Å². The topological polar surface area (TPSA) is 20.2 Å². The zero-order valence-electron chi connectivity index (χ0n) is 11.3. The van der Waals surface area contributed by atoms with Gasteiger partial charge < -0.3 is 5.11 Å². The zero-order chi connectivity index (χ0) is 13.1.